The molecule has 0 bridgehead atoms. The van der Waals surface area contributed by atoms with E-state index in [9.17, 15) is 13.2 Å². The van der Waals surface area contributed by atoms with E-state index in [1.165, 1.54) is 0 Å². The van der Waals surface area contributed by atoms with Gasteiger partial charge < -0.3 is 10.2 Å². The molecule has 1 aliphatic heterocycles. The van der Waals surface area contributed by atoms with Gasteiger partial charge in [-0.2, -0.15) is 13.2 Å². The highest BCUT2D eigenvalue weighted by atomic mass is 127. The Balaban J connectivity index is 0.00000324. The number of aliphatic imine (C=N–C) groups is 1. The van der Waals surface area contributed by atoms with Crippen LogP contribution in [0.1, 0.15) is 19.8 Å². The molecule has 0 aliphatic carbocycles. The number of alkyl halides is 3. The number of likely N-dealkylation sites (tertiary alicyclic amines) is 1. The van der Waals surface area contributed by atoms with E-state index in [1.54, 1.807) is 11.0 Å². The molecule has 0 aromatic heterocycles. The molecule has 1 fully saturated rings. The Morgan fingerprint density at radius 1 is 1.53 bits per heavy atom. The maximum absolute atomic E-state index is 12.7. The van der Waals surface area contributed by atoms with Gasteiger partial charge in [-0.05, 0) is 19.8 Å². The first-order valence-corrected chi connectivity index (χ1v) is 6.20. The van der Waals surface area contributed by atoms with E-state index in [2.05, 4.69) is 16.9 Å². The van der Waals surface area contributed by atoms with E-state index >= 15 is 0 Å². The number of piperidine rings is 1. The van der Waals surface area contributed by atoms with Gasteiger partial charge in [0.15, 0.2) is 5.96 Å². The Kier molecular flexibility index (Phi) is 8.44. The fourth-order valence-electron chi connectivity index (χ4n) is 2.01. The SMILES string of the molecule is C=CCN=C(NCC)N1CCCC(C(F)(F)F)C1.I. The summed E-state index contributed by atoms with van der Waals surface area (Å²) in [4.78, 5) is 5.91. The molecular formula is C12H21F3IN3. The van der Waals surface area contributed by atoms with Crippen LogP contribution in [0, 0.1) is 5.92 Å². The summed E-state index contributed by atoms with van der Waals surface area (Å²) in [6, 6.07) is 0. The van der Waals surface area contributed by atoms with Gasteiger partial charge in [-0.3, -0.25) is 0 Å². The molecule has 1 N–H and O–H groups in total. The second-order valence-electron chi connectivity index (χ2n) is 4.31. The third-order valence-electron chi connectivity index (χ3n) is 2.89. The summed E-state index contributed by atoms with van der Waals surface area (Å²) in [5.41, 5.74) is 0. The molecule has 112 valence electrons. The number of guanidine groups is 1. The molecule has 19 heavy (non-hydrogen) atoms. The predicted molar refractivity (Wildman–Crippen MR) is 81.9 cm³/mol. The lowest BCUT2D eigenvalue weighted by molar-refractivity contribution is -0.183. The highest BCUT2D eigenvalue weighted by Crippen LogP contribution is 2.33. The van der Waals surface area contributed by atoms with Crippen LogP contribution in [0.2, 0.25) is 0 Å². The standard InChI is InChI=1S/C12H20F3N3.HI/c1-3-7-17-11(16-4-2)18-8-5-6-10(9-18)12(13,14)15;/h3,10H,1,4-9H2,2H3,(H,16,17);1H. The fourth-order valence-corrected chi connectivity index (χ4v) is 2.01. The zero-order valence-corrected chi connectivity index (χ0v) is 13.4. The zero-order valence-electron chi connectivity index (χ0n) is 11.0. The Morgan fingerprint density at radius 2 is 2.21 bits per heavy atom. The minimum absolute atomic E-state index is 0. The molecule has 1 atom stereocenters. The van der Waals surface area contributed by atoms with Crippen molar-refractivity contribution in [1.82, 2.24) is 10.2 Å². The van der Waals surface area contributed by atoms with Crippen LogP contribution in [0.3, 0.4) is 0 Å². The Morgan fingerprint density at radius 3 is 2.74 bits per heavy atom. The van der Waals surface area contributed by atoms with Crippen LogP contribution >= 0.6 is 24.0 Å². The molecule has 1 rings (SSSR count). The van der Waals surface area contributed by atoms with Crippen molar-refractivity contribution in [2.45, 2.75) is 25.9 Å². The van der Waals surface area contributed by atoms with Gasteiger partial charge in [-0.25, -0.2) is 4.99 Å². The van der Waals surface area contributed by atoms with Gasteiger partial charge >= 0.3 is 6.18 Å². The van der Waals surface area contributed by atoms with Crippen LogP contribution in [0.5, 0.6) is 0 Å². The largest absolute Gasteiger partial charge is 0.393 e. The zero-order chi connectivity index (χ0) is 13.6. The topological polar surface area (TPSA) is 27.6 Å². The van der Waals surface area contributed by atoms with E-state index in [-0.39, 0.29) is 36.9 Å². The lowest BCUT2D eigenvalue weighted by Crippen LogP contribution is -2.49. The Labute approximate surface area is 129 Å². The van der Waals surface area contributed by atoms with Crippen LogP contribution in [0.15, 0.2) is 17.6 Å². The van der Waals surface area contributed by atoms with E-state index in [1.807, 2.05) is 6.92 Å². The van der Waals surface area contributed by atoms with Crippen molar-refractivity contribution in [3.8, 4) is 0 Å². The average molecular weight is 391 g/mol. The second-order valence-corrected chi connectivity index (χ2v) is 4.31. The fraction of sp³-hybridized carbons (Fsp3) is 0.750. The van der Waals surface area contributed by atoms with Crippen molar-refractivity contribution >= 4 is 29.9 Å². The quantitative estimate of drug-likeness (QED) is 0.347. The lowest BCUT2D eigenvalue weighted by Gasteiger charge is -2.35. The average Bonchev–Trinajstić information content (AvgIpc) is 2.33. The summed E-state index contributed by atoms with van der Waals surface area (Å²) in [5.74, 6) is -0.704. The smallest absolute Gasteiger partial charge is 0.357 e. The minimum Gasteiger partial charge on any atom is -0.357 e. The maximum atomic E-state index is 12.7. The van der Waals surface area contributed by atoms with Crippen molar-refractivity contribution < 1.29 is 13.2 Å². The van der Waals surface area contributed by atoms with Crippen LogP contribution in [-0.2, 0) is 0 Å². The summed E-state index contributed by atoms with van der Waals surface area (Å²) >= 11 is 0. The van der Waals surface area contributed by atoms with Crippen LogP contribution in [-0.4, -0.2) is 43.2 Å². The second kappa shape index (κ2) is 8.65. The molecule has 0 saturated carbocycles. The first kappa shape index (κ1) is 18.5. The van der Waals surface area contributed by atoms with Gasteiger partial charge in [-0.15, -0.1) is 30.6 Å². The maximum Gasteiger partial charge on any atom is 0.393 e. The molecule has 0 aromatic carbocycles. The van der Waals surface area contributed by atoms with E-state index in [4.69, 9.17) is 0 Å². The van der Waals surface area contributed by atoms with Crippen LogP contribution < -0.4 is 5.32 Å². The van der Waals surface area contributed by atoms with Gasteiger partial charge in [0, 0.05) is 19.6 Å². The Hall–Kier alpha value is -0.470. The van der Waals surface area contributed by atoms with E-state index in [0.29, 0.717) is 32.0 Å². The normalized spacial score (nSPS) is 20.7. The molecule has 0 spiro atoms. The van der Waals surface area contributed by atoms with Crippen molar-refractivity contribution in [2.24, 2.45) is 10.9 Å². The molecule has 0 radical (unpaired) electrons. The summed E-state index contributed by atoms with van der Waals surface area (Å²) in [6.07, 6.45) is -1.74. The van der Waals surface area contributed by atoms with E-state index < -0.39 is 12.1 Å². The molecule has 7 heteroatoms. The first-order chi connectivity index (χ1) is 8.49. The van der Waals surface area contributed by atoms with Gasteiger partial charge in [0.05, 0.1) is 12.5 Å². The molecule has 1 heterocycles. The molecular weight excluding hydrogens is 370 g/mol. The third-order valence-corrected chi connectivity index (χ3v) is 2.89. The van der Waals surface area contributed by atoms with Crippen LogP contribution in [0.25, 0.3) is 0 Å². The number of nitrogens with zero attached hydrogens (tertiary/aromatic N) is 2. The minimum atomic E-state index is -4.12. The molecule has 0 amide bonds. The molecule has 1 aliphatic rings. The molecule has 1 unspecified atom stereocenters. The van der Waals surface area contributed by atoms with Gasteiger partial charge in [0.2, 0.25) is 0 Å². The van der Waals surface area contributed by atoms with Gasteiger partial charge in [0.25, 0.3) is 0 Å². The molecule has 3 nitrogen and oxygen atoms in total. The molecule has 1 saturated heterocycles. The summed E-state index contributed by atoms with van der Waals surface area (Å²) in [6.45, 7) is 7.12. The van der Waals surface area contributed by atoms with Crippen molar-refractivity contribution in [3.63, 3.8) is 0 Å². The summed E-state index contributed by atoms with van der Waals surface area (Å²) < 4.78 is 38.1. The Bertz CT molecular complexity index is 305. The summed E-state index contributed by atoms with van der Waals surface area (Å²) in [5, 5.41) is 3.02. The highest BCUT2D eigenvalue weighted by Gasteiger charge is 2.42. The first-order valence-electron chi connectivity index (χ1n) is 6.20. The number of hydrogen-bond acceptors (Lipinski definition) is 1. The highest BCUT2D eigenvalue weighted by molar-refractivity contribution is 14.0. The molecule has 0 aromatic rings. The van der Waals surface area contributed by atoms with Gasteiger partial charge in [0.1, 0.15) is 0 Å². The third kappa shape index (κ3) is 6.01. The monoisotopic (exact) mass is 391 g/mol. The van der Waals surface area contributed by atoms with Crippen molar-refractivity contribution in [3.05, 3.63) is 12.7 Å². The van der Waals surface area contributed by atoms with Crippen LogP contribution in [0.4, 0.5) is 13.2 Å². The predicted octanol–water partition coefficient (Wildman–Crippen LogP) is 3.03. The van der Waals surface area contributed by atoms with Gasteiger partial charge in [-0.1, -0.05) is 6.08 Å². The number of hydrogen-bond donors (Lipinski definition) is 1. The number of nitrogens with one attached hydrogen (secondary N) is 1. The number of rotatable bonds is 3. The lowest BCUT2D eigenvalue weighted by atomic mass is 9.98. The van der Waals surface area contributed by atoms with Crippen molar-refractivity contribution in [1.29, 1.82) is 0 Å². The van der Waals surface area contributed by atoms with E-state index in [0.717, 1.165) is 0 Å². The summed E-state index contributed by atoms with van der Waals surface area (Å²) in [7, 11) is 0. The number of halogens is 4. The van der Waals surface area contributed by atoms with Crippen molar-refractivity contribution in [2.75, 3.05) is 26.2 Å².